The van der Waals surface area contributed by atoms with Crippen molar-refractivity contribution in [2.75, 3.05) is 16.4 Å². The molecule has 0 radical (unpaired) electrons. The highest BCUT2D eigenvalue weighted by atomic mass is 32.2. The maximum Gasteiger partial charge on any atom is 0.416 e. The van der Waals surface area contributed by atoms with Crippen molar-refractivity contribution in [2.45, 2.75) is 19.0 Å². The summed E-state index contributed by atoms with van der Waals surface area (Å²) in [7, 11) is 0. The average molecular weight is 550 g/mol. The van der Waals surface area contributed by atoms with Crippen molar-refractivity contribution in [1.82, 2.24) is 10.3 Å². The third kappa shape index (κ3) is 6.66. The van der Waals surface area contributed by atoms with Crippen LogP contribution in [0.2, 0.25) is 0 Å². The van der Waals surface area contributed by atoms with Crippen LogP contribution >= 0.6 is 11.8 Å². The number of hydrogen-bond acceptors (Lipinski definition) is 6. The lowest BCUT2D eigenvalue weighted by atomic mass is 9.82. The predicted octanol–water partition coefficient (Wildman–Crippen LogP) is 5.81. The number of aromatic nitrogens is 1. The highest BCUT2D eigenvalue weighted by Crippen LogP contribution is 2.41. The molecule has 1 atom stereocenters. The number of alkyl halides is 3. The van der Waals surface area contributed by atoms with Crippen LogP contribution in [0.25, 0.3) is 0 Å². The molecule has 39 heavy (non-hydrogen) atoms. The second-order valence-electron chi connectivity index (χ2n) is 8.47. The van der Waals surface area contributed by atoms with E-state index in [0.29, 0.717) is 27.6 Å². The van der Waals surface area contributed by atoms with E-state index in [9.17, 15) is 28.0 Å². The van der Waals surface area contributed by atoms with E-state index in [2.05, 4.69) is 27.0 Å². The number of nitrogens with zero attached hydrogens (tertiary/aromatic N) is 2. The molecule has 2 heterocycles. The third-order valence-corrected chi connectivity index (χ3v) is 6.80. The number of nitriles is 1. The van der Waals surface area contributed by atoms with Gasteiger partial charge in [-0.25, -0.2) is 0 Å². The lowest BCUT2D eigenvalue weighted by Gasteiger charge is -2.29. The Morgan fingerprint density at radius 2 is 1.72 bits per heavy atom. The molecule has 3 aromatic rings. The van der Waals surface area contributed by atoms with Gasteiger partial charge in [-0.15, -0.1) is 0 Å². The van der Waals surface area contributed by atoms with Crippen LogP contribution in [-0.4, -0.2) is 22.6 Å². The topological polar surface area (TPSA) is 107 Å². The Hall–Kier alpha value is -4.56. The molecule has 1 aromatic heterocycles. The summed E-state index contributed by atoms with van der Waals surface area (Å²) in [5, 5.41) is 18.9. The minimum atomic E-state index is -4.54. The monoisotopic (exact) mass is 549 g/mol. The van der Waals surface area contributed by atoms with Crippen LogP contribution in [0.15, 0.2) is 101 Å². The molecule has 0 aliphatic carbocycles. The zero-order valence-electron chi connectivity index (χ0n) is 20.5. The molecule has 1 unspecified atom stereocenters. The molecule has 0 bridgehead atoms. The highest BCUT2D eigenvalue weighted by Gasteiger charge is 2.35. The van der Waals surface area contributed by atoms with E-state index in [1.807, 2.05) is 6.07 Å². The number of para-hydroxylation sites is 1. The van der Waals surface area contributed by atoms with Gasteiger partial charge < -0.3 is 16.0 Å². The normalized spacial score (nSPS) is 15.3. The molecule has 4 rings (SSSR count). The van der Waals surface area contributed by atoms with Crippen molar-refractivity contribution in [3.63, 3.8) is 0 Å². The molecule has 0 spiro atoms. The molecule has 11 heteroatoms. The molecule has 2 aromatic carbocycles. The number of anilines is 2. The molecular formula is C28H22F3N5O2S. The van der Waals surface area contributed by atoms with Gasteiger partial charge in [0.25, 0.3) is 5.91 Å². The third-order valence-electron chi connectivity index (χ3n) is 5.78. The molecule has 2 amide bonds. The molecule has 0 saturated carbocycles. The van der Waals surface area contributed by atoms with Crippen LogP contribution in [0.3, 0.4) is 0 Å². The van der Waals surface area contributed by atoms with Crippen LogP contribution in [0.1, 0.15) is 24.0 Å². The van der Waals surface area contributed by atoms with Crippen LogP contribution in [0.4, 0.5) is 24.5 Å². The number of dihydropyridines is 1. The number of carbonyl (C=O) groups excluding carboxylic acids is 2. The number of hydrogen-bond donors (Lipinski definition) is 3. The van der Waals surface area contributed by atoms with Gasteiger partial charge in [0.05, 0.1) is 33.9 Å². The number of carbonyl (C=O) groups is 2. The number of halogens is 3. The van der Waals surface area contributed by atoms with Gasteiger partial charge in [-0.2, -0.15) is 18.4 Å². The number of amides is 2. The summed E-state index contributed by atoms with van der Waals surface area (Å²) in [4.78, 5) is 30.0. The first kappa shape index (κ1) is 27.5. The van der Waals surface area contributed by atoms with Crippen molar-refractivity contribution in [2.24, 2.45) is 0 Å². The maximum absolute atomic E-state index is 13.4. The number of pyridine rings is 1. The van der Waals surface area contributed by atoms with Gasteiger partial charge >= 0.3 is 6.18 Å². The highest BCUT2D eigenvalue weighted by molar-refractivity contribution is 8.03. The SMILES string of the molecule is CC1=C(C(=O)Nc2ccccc2)C(c2ccncc2)C(C#N)=C(SCC(=O)Nc2cccc(C(F)(F)F)c2)N1. The first-order valence-corrected chi connectivity index (χ1v) is 12.6. The van der Waals surface area contributed by atoms with E-state index in [-0.39, 0.29) is 17.0 Å². The lowest BCUT2D eigenvalue weighted by molar-refractivity contribution is -0.137. The summed E-state index contributed by atoms with van der Waals surface area (Å²) in [5.41, 5.74) is 1.43. The second kappa shape index (κ2) is 11.9. The van der Waals surface area contributed by atoms with E-state index in [1.54, 1.807) is 55.7 Å². The minimum Gasteiger partial charge on any atom is -0.353 e. The molecule has 198 valence electrons. The Morgan fingerprint density at radius 3 is 2.38 bits per heavy atom. The fourth-order valence-electron chi connectivity index (χ4n) is 4.04. The number of thioether (sulfide) groups is 1. The quantitative estimate of drug-likeness (QED) is 0.344. The van der Waals surface area contributed by atoms with E-state index >= 15 is 0 Å². The van der Waals surface area contributed by atoms with Crippen LogP contribution in [-0.2, 0) is 15.8 Å². The molecular weight excluding hydrogens is 527 g/mol. The molecule has 7 nitrogen and oxygen atoms in total. The van der Waals surface area contributed by atoms with Crippen LogP contribution in [0, 0.1) is 11.3 Å². The Labute approximate surface area is 226 Å². The second-order valence-corrected chi connectivity index (χ2v) is 9.45. The van der Waals surface area contributed by atoms with Crippen molar-refractivity contribution in [1.29, 1.82) is 5.26 Å². The number of allylic oxidation sites excluding steroid dienone is 2. The van der Waals surface area contributed by atoms with E-state index in [1.165, 1.54) is 12.1 Å². The smallest absolute Gasteiger partial charge is 0.353 e. The van der Waals surface area contributed by atoms with Gasteiger partial charge in [-0.1, -0.05) is 36.0 Å². The number of nitrogens with one attached hydrogen (secondary N) is 3. The molecule has 0 fully saturated rings. The standard InChI is InChI=1S/C28H22F3N5O2S/c1-17-24(26(38)36-20-7-3-2-4-8-20)25(18-10-12-33-13-11-18)22(15-32)27(34-17)39-16-23(37)35-21-9-5-6-19(14-21)28(29,30)31/h2-14,25,34H,16H2,1H3,(H,35,37)(H,36,38). The van der Waals surface area contributed by atoms with E-state index in [4.69, 9.17) is 0 Å². The molecule has 1 aliphatic heterocycles. The Bertz CT molecular complexity index is 1480. The lowest BCUT2D eigenvalue weighted by Crippen LogP contribution is -2.31. The largest absolute Gasteiger partial charge is 0.416 e. The van der Waals surface area contributed by atoms with Crippen molar-refractivity contribution >= 4 is 35.0 Å². The average Bonchev–Trinajstić information content (AvgIpc) is 2.92. The van der Waals surface area contributed by atoms with E-state index in [0.717, 1.165) is 23.9 Å². The maximum atomic E-state index is 13.4. The predicted molar refractivity (Wildman–Crippen MR) is 143 cm³/mol. The Morgan fingerprint density at radius 1 is 1.03 bits per heavy atom. The van der Waals surface area contributed by atoms with Gasteiger partial charge in [-0.3, -0.25) is 14.6 Å². The minimum absolute atomic E-state index is 0.00659. The van der Waals surface area contributed by atoms with Crippen molar-refractivity contribution < 1.29 is 22.8 Å². The van der Waals surface area contributed by atoms with Gasteiger partial charge in [0.1, 0.15) is 0 Å². The summed E-state index contributed by atoms with van der Waals surface area (Å²) >= 11 is 1.02. The fraction of sp³-hybridized carbons (Fsp3) is 0.143. The van der Waals surface area contributed by atoms with Gasteiger partial charge in [0.2, 0.25) is 5.91 Å². The number of benzene rings is 2. The zero-order chi connectivity index (χ0) is 28.0. The Kier molecular flexibility index (Phi) is 8.36. The van der Waals surface area contributed by atoms with Gasteiger partial charge in [0, 0.05) is 35.0 Å². The summed E-state index contributed by atoms with van der Waals surface area (Å²) in [5.74, 6) is -1.88. The summed E-state index contributed by atoms with van der Waals surface area (Å²) in [6.45, 7) is 1.70. The van der Waals surface area contributed by atoms with Crippen molar-refractivity contribution in [3.8, 4) is 6.07 Å². The zero-order valence-corrected chi connectivity index (χ0v) is 21.4. The molecule has 1 aliphatic rings. The van der Waals surface area contributed by atoms with Crippen molar-refractivity contribution in [3.05, 3.63) is 112 Å². The fourth-order valence-corrected chi connectivity index (χ4v) is 4.94. The first-order valence-electron chi connectivity index (χ1n) is 11.7. The van der Waals surface area contributed by atoms with Crippen LogP contribution in [0.5, 0.6) is 0 Å². The first-order chi connectivity index (χ1) is 18.7. The summed E-state index contributed by atoms with van der Waals surface area (Å²) in [6.07, 6.45) is -1.42. The number of rotatable bonds is 7. The summed E-state index contributed by atoms with van der Waals surface area (Å²) in [6, 6.07) is 18.8. The molecule has 3 N–H and O–H groups in total. The molecule has 0 saturated heterocycles. The van der Waals surface area contributed by atoms with Crippen LogP contribution < -0.4 is 16.0 Å². The van der Waals surface area contributed by atoms with Gasteiger partial charge in [-0.05, 0) is 55.0 Å². The van der Waals surface area contributed by atoms with Gasteiger partial charge in [0.15, 0.2) is 0 Å². The Balaban J connectivity index is 1.58. The van der Waals surface area contributed by atoms with E-state index < -0.39 is 29.5 Å². The summed E-state index contributed by atoms with van der Waals surface area (Å²) < 4.78 is 39.0.